The first kappa shape index (κ1) is 15.5. The topological polar surface area (TPSA) is 89.9 Å². The lowest BCUT2D eigenvalue weighted by atomic mass is 10.00. The molecule has 0 aliphatic carbocycles. The van der Waals surface area contributed by atoms with Gasteiger partial charge in [0.25, 0.3) is 11.3 Å². The lowest BCUT2D eigenvalue weighted by molar-refractivity contribution is 0.194. The minimum Gasteiger partial charge on any atom is -0.465 e. The number of hydrogen-bond acceptors (Lipinski definition) is 2. The van der Waals surface area contributed by atoms with Crippen LogP contribution in [-0.2, 0) is 17.8 Å². The van der Waals surface area contributed by atoms with Crippen LogP contribution < -0.4 is 9.62 Å². The van der Waals surface area contributed by atoms with E-state index in [0.29, 0.717) is 5.69 Å². The minimum absolute atomic E-state index is 0.162. The van der Waals surface area contributed by atoms with Crippen molar-refractivity contribution in [2.45, 2.75) is 26.3 Å². The van der Waals surface area contributed by atoms with Gasteiger partial charge in [-0.15, -0.1) is 0 Å². The number of carbonyl (C=O) groups is 1. The molecule has 0 saturated heterocycles. The Kier molecular flexibility index (Phi) is 5.31. The number of amides is 1. The summed E-state index contributed by atoms with van der Waals surface area (Å²) in [7, 11) is 1.50. The van der Waals surface area contributed by atoms with Crippen LogP contribution in [0, 0.1) is 0 Å². The maximum atomic E-state index is 11.1. The molecule has 106 valence electrons. The number of rotatable bonds is 5. The van der Waals surface area contributed by atoms with Gasteiger partial charge in [-0.3, -0.25) is 8.86 Å². The molecule has 6 nitrogen and oxygen atoms in total. The fourth-order valence-corrected chi connectivity index (χ4v) is 1.87. The molecule has 0 aliphatic heterocycles. The number of nitrogens with one attached hydrogen (secondary N) is 1. The molecule has 0 fully saturated rings. The van der Waals surface area contributed by atoms with E-state index in [1.807, 2.05) is 26.0 Å². The summed E-state index contributed by atoms with van der Waals surface area (Å²) in [6.45, 7) is 4.17. The fourth-order valence-electron chi connectivity index (χ4n) is 1.58. The van der Waals surface area contributed by atoms with Gasteiger partial charge in [0.15, 0.2) is 0 Å². The molecular weight excluding hydrogens is 268 g/mol. The highest BCUT2D eigenvalue weighted by Gasteiger charge is 2.11. The molecule has 1 atom stereocenters. The minimum atomic E-state index is -2.11. The van der Waals surface area contributed by atoms with Crippen molar-refractivity contribution in [2.24, 2.45) is 0 Å². The van der Waals surface area contributed by atoms with Gasteiger partial charge in [0.1, 0.15) is 0 Å². The zero-order chi connectivity index (χ0) is 14.6. The quantitative estimate of drug-likeness (QED) is 0.723. The lowest BCUT2D eigenvalue weighted by Gasteiger charge is -2.18. The van der Waals surface area contributed by atoms with Crippen molar-refractivity contribution in [1.82, 2.24) is 5.32 Å². The number of carboxylic acid groups (broad SMARTS) is 1. The summed E-state index contributed by atoms with van der Waals surface area (Å²) in [6, 6.07) is 5.40. The van der Waals surface area contributed by atoms with E-state index in [1.54, 1.807) is 6.07 Å². The molecule has 0 radical (unpaired) electrons. The van der Waals surface area contributed by atoms with E-state index in [-0.39, 0.29) is 12.5 Å². The Morgan fingerprint density at radius 3 is 2.53 bits per heavy atom. The standard InChI is InChI=1S/C12H18N2O4S/c1-8(2)10-4-9(7-13-12(15)16)5-11(6-10)14(3)19(17)18/h4-6,8,13H,7H2,1-3H3,(H,15,16)(H,17,18). The van der Waals surface area contributed by atoms with E-state index in [4.69, 9.17) is 9.66 Å². The largest absolute Gasteiger partial charge is 0.465 e. The van der Waals surface area contributed by atoms with Crippen LogP contribution in [0.25, 0.3) is 0 Å². The number of anilines is 1. The van der Waals surface area contributed by atoms with Gasteiger partial charge >= 0.3 is 6.09 Å². The van der Waals surface area contributed by atoms with Gasteiger partial charge in [-0.2, -0.15) is 0 Å². The molecule has 1 aromatic carbocycles. The molecule has 1 rings (SSSR count). The van der Waals surface area contributed by atoms with Crippen LogP contribution in [0.5, 0.6) is 0 Å². The highest BCUT2D eigenvalue weighted by Crippen LogP contribution is 2.24. The highest BCUT2D eigenvalue weighted by atomic mass is 32.2. The zero-order valence-corrected chi connectivity index (χ0v) is 11.9. The Morgan fingerprint density at radius 2 is 2.05 bits per heavy atom. The van der Waals surface area contributed by atoms with Crippen molar-refractivity contribution in [3.8, 4) is 0 Å². The Bertz CT molecular complexity index is 491. The van der Waals surface area contributed by atoms with E-state index >= 15 is 0 Å². The van der Waals surface area contributed by atoms with Crippen LogP contribution >= 0.6 is 0 Å². The number of hydrogen-bond donors (Lipinski definition) is 3. The van der Waals surface area contributed by atoms with Crippen molar-refractivity contribution in [3.05, 3.63) is 29.3 Å². The molecule has 1 unspecified atom stereocenters. The maximum Gasteiger partial charge on any atom is 0.404 e. The van der Waals surface area contributed by atoms with E-state index < -0.39 is 17.4 Å². The first-order chi connectivity index (χ1) is 8.81. The maximum absolute atomic E-state index is 11.1. The van der Waals surface area contributed by atoms with Crippen LogP contribution in [0.3, 0.4) is 0 Å². The third-order valence-corrected chi connectivity index (χ3v) is 3.39. The average Bonchev–Trinajstić information content (AvgIpc) is 2.34. The van der Waals surface area contributed by atoms with Crippen LogP contribution in [0.2, 0.25) is 0 Å². The van der Waals surface area contributed by atoms with E-state index in [1.165, 1.54) is 11.4 Å². The Balaban J connectivity index is 3.10. The molecule has 0 bridgehead atoms. The normalized spacial score (nSPS) is 12.3. The second-order valence-corrected chi connectivity index (χ2v) is 5.48. The molecule has 0 spiro atoms. The van der Waals surface area contributed by atoms with Crippen molar-refractivity contribution in [1.29, 1.82) is 0 Å². The van der Waals surface area contributed by atoms with E-state index in [9.17, 15) is 9.00 Å². The van der Waals surface area contributed by atoms with Crippen LogP contribution in [0.4, 0.5) is 10.5 Å². The van der Waals surface area contributed by atoms with Crippen molar-refractivity contribution in [2.75, 3.05) is 11.4 Å². The second-order valence-electron chi connectivity index (χ2n) is 4.47. The van der Waals surface area contributed by atoms with Gasteiger partial charge in [0.05, 0.1) is 5.69 Å². The Labute approximate surface area is 114 Å². The third kappa shape index (κ3) is 4.53. The summed E-state index contributed by atoms with van der Waals surface area (Å²) >= 11 is -2.11. The van der Waals surface area contributed by atoms with Gasteiger partial charge in [0.2, 0.25) is 0 Å². The van der Waals surface area contributed by atoms with Gasteiger partial charge < -0.3 is 10.4 Å². The van der Waals surface area contributed by atoms with Crippen LogP contribution in [0.15, 0.2) is 18.2 Å². The molecule has 0 heterocycles. The summed E-state index contributed by atoms with van der Waals surface area (Å²) < 4.78 is 21.4. The third-order valence-electron chi connectivity index (χ3n) is 2.71. The average molecular weight is 286 g/mol. The van der Waals surface area contributed by atoms with E-state index in [2.05, 4.69) is 5.32 Å². The summed E-state index contributed by atoms with van der Waals surface area (Å²) in [5, 5.41) is 10.9. The Hall–Kier alpha value is -1.60. The highest BCUT2D eigenvalue weighted by molar-refractivity contribution is 7.80. The molecular formula is C12H18N2O4S. The van der Waals surface area contributed by atoms with Gasteiger partial charge in [-0.25, -0.2) is 9.00 Å². The first-order valence-electron chi connectivity index (χ1n) is 5.76. The summed E-state index contributed by atoms with van der Waals surface area (Å²) in [4.78, 5) is 10.5. The lowest BCUT2D eigenvalue weighted by Crippen LogP contribution is -2.22. The molecule has 3 N–H and O–H groups in total. The Morgan fingerprint density at radius 1 is 1.42 bits per heavy atom. The predicted octanol–water partition coefficient (Wildman–Crippen LogP) is 2.15. The smallest absolute Gasteiger partial charge is 0.404 e. The molecule has 0 aliphatic rings. The number of nitrogens with zero attached hydrogens (tertiary/aromatic N) is 1. The summed E-state index contributed by atoms with van der Waals surface area (Å²) in [6.07, 6.45) is -1.10. The summed E-state index contributed by atoms with van der Waals surface area (Å²) in [5.41, 5.74) is 2.31. The van der Waals surface area contributed by atoms with Gasteiger partial charge in [-0.05, 0) is 29.2 Å². The van der Waals surface area contributed by atoms with Gasteiger partial charge in [0, 0.05) is 13.6 Å². The first-order valence-corrected chi connectivity index (χ1v) is 6.83. The second kappa shape index (κ2) is 6.53. The van der Waals surface area contributed by atoms with Crippen molar-refractivity contribution in [3.63, 3.8) is 0 Å². The molecule has 19 heavy (non-hydrogen) atoms. The fraction of sp³-hybridized carbons (Fsp3) is 0.417. The molecule has 1 aromatic rings. The van der Waals surface area contributed by atoms with Crippen molar-refractivity contribution < 1.29 is 18.7 Å². The monoisotopic (exact) mass is 286 g/mol. The van der Waals surface area contributed by atoms with Gasteiger partial charge in [-0.1, -0.05) is 19.9 Å². The zero-order valence-electron chi connectivity index (χ0n) is 11.1. The predicted molar refractivity (Wildman–Crippen MR) is 74.6 cm³/mol. The van der Waals surface area contributed by atoms with Crippen LogP contribution in [-0.4, -0.2) is 27.0 Å². The molecule has 0 aromatic heterocycles. The molecule has 1 amide bonds. The van der Waals surface area contributed by atoms with E-state index in [0.717, 1.165) is 11.1 Å². The SMILES string of the molecule is CC(C)c1cc(CNC(=O)O)cc(N(C)S(=O)O)c1. The van der Waals surface area contributed by atoms with Crippen molar-refractivity contribution >= 4 is 23.0 Å². The molecule has 7 heteroatoms. The summed E-state index contributed by atoms with van der Waals surface area (Å²) in [5.74, 6) is 0.240. The number of benzene rings is 1. The molecule has 0 saturated carbocycles. The van der Waals surface area contributed by atoms with Crippen LogP contribution in [0.1, 0.15) is 30.9 Å².